The van der Waals surface area contributed by atoms with Gasteiger partial charge < -0.3 is 14.3 Å². The number of nitrogens with zero attached hydrogens (tertiary/aromatic N) is 2. The van der Waals surface area contributed by atoms with Crippen LogP contribution in [0.15, 0.2) is 23.2 Å². The standard InChI is InChI=1S/C19H24N2O5S/c1-25-18-5-4-17-16(19(18)27(23,24)15-2-3-15)11-20-21(17)14(12-22)10-13-6-8-26-9-7-13/h4-5,11-15H,2-3,6-10H2,1H3. The van der Waals surface area contributed by atoms with Gasteiger partial charge in [0.15, 0.2) is 9.84 Å². The third kappa shape index (κ3) is 3.36. The van der Waals surface area contributed by atoms with Crippen molar-refractivity contribution in [2.45, 2.75) is 48.3 Å². The number of carbonyl (C=O) groups excluding carboxylic acids is 1. The Balaban J connectivity index is 1.75. The lowest BCUT2D eigenvalue weighted by Crippen LogP contribution is -2.21. The van der Waals surface area contributed by atoms with Crippen molar-refractivity contribution in [2.75, 3.05) is 20.3 Å². The molecule has 2 aliphatic rings. The molecule has 0 amide bonds. The van der Waals surface area contributed by atoms with Crippen LogP contribution < -0.4 is 4.74 Å². The summed E-state index contributed by atoms with van der Waals surface area (Å²) in [6.45, 7) is 1.44. The van der Waals surface area contributed by atoms with Crippen molar-refractivity contribution in [1.82, 2.24) is 9.78 Å². The van der Waals surface area contributed by atoms with Gasteiger partial charge in [-0.2, -0.15) is 5.10 Å². The fraction of sp³-hybridized carbons (Fsp3) is 0.579. The third-order valence-corrected chi connectivity index (χ3v) is 7.89. The minimum absolute atomic E-state index is 0.201. The summed E-state index contributed by atoms with van der Waals surface area (Å²) in [6, 6.07) is 3.02. The summed E-state index contributed by atoms with van der Waals surface area (Å²) in [6.07, 6.45) is 6.35. The van der Waals surface area contributed by atoms with Crippen molar-refractivity contribution in [3.63, 3.8) is 0 Å². The lowest BCUT2D eigenvalue weighted by atomic mass is 9.93. The Hall–Kier alpha value is -1.93. The van der Waals surface area contributed by atoms with Crippen molar-refractivity contribution >= 4 is 27.0 Å². The van der Waals surface area contributed by atoms with E-state index in [0.717, 1.165) is 32.3 Å². The van der Waals surface area contributed by atoms with Gasteiger partial charge in [-0.05, 0) is 50.2 Å². The van der Waals surface area contributed by atoms with Crippen LogP contribution in [0, 0.1) is 5.92 Å². The largest absolute Gasteiger partial charge is 0.495 e. The molecular weight excluding hydrogens is 368 g/mol. The quantitative estimate of drug-likeness (QED) is 0.673. The molecule has 1 aromatic carbocycles. The lowest BCUT2D eigenvalue weighted by molar-refractivity contribution is -0.111. The van der Waals surface area contributed by atoms with Crippen molar-refractivity contribution in [3.8, 4) is 5.75 Å². The van der Waals surface area contributed by atoms with E-state index in [9.17, 15) is 13.2 Å². The van der Waals surface area contributed by atoms with E-state index in [1.807, 2.05) is 0 Å². The SMILES string of the molecule is COc1ccc2c(cnn2C(C=O)CC2CCOCC2)c1S(=O)(=O)C1CC1. The van der Waals surface area contributed by atoms with E-state index in [1.165, 1.54) is 7.11 Å². The Kier molecular flexibility index (Phi) is 4.94. The summed E-state index contributed by atoms with van der Waals surface area (Å²) >= 11 is 0. The van der Waals surface area contributed by atoms with Crippen LogP contribution in [0.25, 0.3) is 10.9 Å². The molecule has 7 nitrogen and oxygen atoms in total. The van der Waals surface area contributed by atoms with E-state index in [1.54, 1.807) is 23.0 Å². The molecule has 1 saturated carbocycles. The number of fused-ring (bicyclic) bond motifs is 1. The molecule has 1 aromatic heterocycles. The van der Waals surface area contributed by atoms with E-state index in [0.29, 0.717) is 41.8 Å². The lowest BCUT2D eigenvalue weighted by Gasteiger charge is -2.24. The van der Waals surface area contributed by atoms with Crippen LogP contribution in [0.5, 0.6) is 5.75 Å². The van der Waals surface area contributed by atoms with Gasteiger partial charge in [-0.3, -0.25) is 4.68 Å². The fourth-order valence-corrected chi connectivity index (χ4v) is 5.86. The molecule has 2 fully saturated rings. The number of ether oxygens (including phenoxy) is 2. The van der Waals surface area contributed by atoms with Crippen LogP contribution in [-0.4, -0.2) is 50.1 Å². The molecule has 4 rings (SSSR count). The second kappa shape index (κ2) is 7.24. The molecule has 1 aliphatic heterocycles. The molecule has 0 N–H and O–H groups in total. The number of hydrogen-bond acceptors (Lipinski definition) is 6. The molecular formula is C19H24N2O5S. The predicted octanol–water partition coefficient (Wildman–Crippen LogP) is 2.54. The third-order valence-electron chi connectivity index (χ3n) is 5.55. The number of carbonyl (C=O) groups is 1. The number of benzene rings is 1. The maximum Gasteiger partial charge on any atom is 0.185 e. The Morgan fingerprint density at radius 1 is 1.30 bits per heavy atom. The first kappa shape index (κ1) is 18.4. The topological polar surface area (TPSA) is 87.5 Å². The first-order valence-electron chi connectivity index (χ1n) is 9.37. The van der Waals surface area contributed by atoms with Crippen LogP contribution >= 0.6 is 0 Å². The van der Waals surface area contributed by atoms with Crippen molar-refractivity contribution in [1.29, 1.82) is 0 Å². The van der Waals surface area contributed by atoms with Crippen LogP contribution in [0.3, 0.4) is 0 Å². The molecule has 1 saturated heterocycles. The molecule has 0 radical (unpaired) electrons. The van der Waals surface area contributed by atoms with Gasteiger partial charge in [-0.1, -0.05) is 0 Å². The molecule has 0 spiro atoms. The number of aromatic nitrogens is 2. The van der Waals surface area contributed by atoms with Crippen LogP contribution in [0.4, 0.5) is 0 Å². The molecule has 1 aliphatic carbocycles. The van der Waals surface area contributed by atoms with E-state index in [4.69, 9.17) is 9.47 Å². The highest BCUT2D eigenvalue weighted by molar-refractivity contribution is 7.92. The Bertz CT molecular complexity index is 942. The smallest absolute Gasteiger partial charge is 0.185 e. The summed E-state index contributed by atoms with van der Waals surface area (Å²) < 4.78 is 38.3. The summed E-state index contributed by atoms with van der Waals surface area (Å²) in [5.41, 5.74) is 0.652. The minimum atomic E-state index is -3.46. The van der Waals surface area contributed by atoms with Crippen molar-refractivity contribution in [3.05, 3.63) is 18.3 Å². The van der Waals surface area contributed by atoms with Gasteiger partial charge in [-0.15, -0.1) is 0 Å². The molecule has 8 heteroatoms. The van der Waals surface area contributed by atoms with Crippen LogP contribution in [0.1, 0.15) is 38.1 Å². The van der Waals surface area contributed by atoms with E-state index < -0.39 is 15.9 Å². The molecule has 146 valence electrons. The highest BCUT2D eigenvalue weighted by Gasteiger charge is 2.40. The summed E-state index contributed by atoms with van der Waals surface area (Å²) in [5.74, 6) is 0.738. The van der Waals surface area contributed by atoms with Gasteiger partial charge in [0.05, 0.1) is 24.1 Å². The van der Waals surface area contributed by atoms with E-state index in [-0.39, 0.29) is 10.1 Å². The zero-order valence-corrected chi connectivity index (χ0v) is 16.2. The second-order valence-corrected chi connectivity index (χ2v) is 9.52. The molecule has 1 unspecified atom stereocenters. The molecule has 2 heterocycles. The fourth-order valence-electron chi connectivity index (χ4n) is 3.88. The number of hydrogen-bond donors (Lipinski definition) is 0. The number of aldehydes is 1. The second-order valence-electron chi connectivity index (χ2n) is 7.36. The average molecular weight is 392 g/mol. The average Bonchev–Trinajstić information content (AvgIpc) is 3.47. The summed E-state index contributed by atoms with van der Waals surface area (Å²) in [5, 5.41) is 4.58. The zero-order valence-electron chi connectivity index (χ0n) is 15.3. The highest BCUT2D eigenvalue weighted by Crippen LogP contribution is 2.41. The normalized spacial score (nSPS) is 19.9. The first-order valence-corrected chi connectivity index (χ1v) is 10.9. The zero-order chi connectivity index (χ0) is 19.0. The maximum atomic E-state index is 13.0. The van der Waals surface area contributed by atoms with Gasteiger partial charge in [0.1, 0.15) is 23.0 Å². The Labute approximate surface area is 158 Å². The molecule has 1 atom stereocenters. The maximum absolute atomic E-state index is 13.0. The Morgan fingerprint density at radius 3 is 2.67 bits per heavy atom. The molecule has 0 bridgehead atoms. The van der Waals surface area contributed by atoms with Gasteiger partial charge in [-0.25, -0.2) is 8.42 Å². The monoisotopic (exact) mass is 392 g/mol. The predicted molar refractivity (Wildman–Crippen MR) is 99.8 cm³/mol. The summed E-state index contributed by atoms with van der Waals surface area (Å²) in [7, 11) is -2.00. The van der Waals surface area contributed by atoms with Gasteiger partial charge in [0, 0.05) is 18.6 Å². The van der Waals surface area contributed by atoms with Crippen LogP contribution in [0.2, 0.25) is 0 Å². The number of methoxy groups -OCH3 is 1. The van der Waals surface area contributed by atoms with E-state index in [2.05, 4.69) is 5.10 Å². The minimum Gasteiger partial charge on any atom is -0.495 e. The first-order chi connectivity index (χ1) is 13.1. The van der Waals surface area contributed by atoms with E-state index >= 15 is 0 Å². The summed E-state index contributed by atoms with van der Waals surface area (Å²) in [4.78, 5) is 12.0. The molecule has 27 heavy (non-hydrogen) atoms. The number of sulfone groups is 1. The van der Waals surface area contributed by atoms with Crippen molar-refractivity contribution in [2.24, 2.45) is 5.92 Å². The van der Waals surface area contributed by atoms with Gasteiger partial charge >= 0.3 is 0 Å². The Morgan fingerprint density at radius 2 is 2.04 bits per heavy atom. The highest BCUT2D eigenvalue weighted by atomic mass is 32.2. The molecule has 2 aromatic rings. The van der Waals surface area contributed by atoms with Gasteiger partial charge in [0.25, 0.3) is 0 Å². The number of rotatable bonds is 7. The van der Waals surface area contributed by atoms with Gasteiger partial charge in [0.2, 0.25) is 0 Å². The van der Waals surface area contributed by atoms with Crippen LogP contribution in [-0.2, 0) is 19.4 Å². The van der Waals surface area contributed by atoms with Crippen molar-refractivity contribution < 1.29 is 22.7 Å².